The predicted molar refractivity (Wildman–Crippen MR) is 48.5 cm³/mol. The van der Waals surface area contributed by atoms with E-state index in [1.807, 2.05) is 13.8 Å². The minimum Gasteiger partial charge on any atom is -0.461 e. The molecule has 0 aromatic carbocycles. The van der Waals surface area contributed by atoms with Crippen molar-refractivity contribution >= 4 is 11.7 Å². The molecule has 0 aliphatic heterocycles. The zero-order chi connectivity index (χ0) is 9.40. The monoisotopic (exact) mass is 171 g/mol. The smallest absolute Gasteiger partial charge is 0.351 e. The molecule has 3 nitrogen and oxygen atoms in total. The van der Waals surface area contributed by atoms with E-state index in [4.69, 9.17) is 10.1 Å². The minimum absolute atomic E-state index is 0.0913. The van der Waals surface area contributed by atoms with Crippen LogP contribution in [-0.4, -0.2) is 18.3 Å². The largest absolute Gasteiger partial charge is 0.461 e. The van der Waals surface area contributed by atoms with Gasteiger partial charge >= 0.3 is 5.97 Å². The molecule has 0 fully saturated rings. The quantitative estimate of drug-likeness (QED) is 0.378. The first-order valence-electron chi connectivity index (χ1n) is 4.46. The van der Waals surface area contributed by atoms with Crippen LogP contribution >= 0.6 is 0 Å². The van der Waals surface area contributed by atoms with E-state index in [1.165, 1.54) is 0 Å². The van der Waals surface area contributed by atoms with E-state index in [9.17, 15) is 4.79 Å². The molecule has 0 spiro atoms. The van der Waals surface area contributed by atoms with Crippen molar-refractivity contribution in [1.82, 2.24) is 0 Å². The van der Waals surface area contributed by atoms with Gasteiger partial charge in [-0.1, -0.05) is 26.7 Å². The molecule has 0 radical (unpaired) electrons. The molecule has 0 saturated heterocycles. The van der Waals surface area contributed by atoms with Gasteiger partial charge in [0, 0.05) is 0 Å². The standard InChI is InChI=1S/C9H17NO2/c1-3-5-7-12-9(11)8(10)6-4-2/h10H,3-7H2,1-2H3. The molecular formula is C9H17NO2. The molecule has 0 bridgehead atoms. The Morgan fingerprint density at radius 2 is 2.00 bits per heavy atom. The average molecular weight is 171 g/mol. The first kappa shape index (κ1) is 11.1. The molecule has 0 aliphatic carbocycles. The molecule has 70 valence electrons. The van der Waals surface area contributed by atoms with E-state index in [2.05, 4.69) is 0 Å². The lowest BCUT2D eigenvalue weighted by Crippen LogP contribution is -2.16. The second kappa shape index (κ2) is 6.83. The van der Waals surface area contributed by atoms with Crippen molar-refractivity contribution in [3.8, 4) is 0 Å². The van der Waals surface area contributed by atoms with E-state index in [-0.39, 0.29) is 5.71 Å². The highest BCUT2D eigenvalue weighted by atomic mass is 16.5. The van der Waals surface area contributed by atoms with Crippen molar-refractivity contribution < 1.29 is 9.53 Å². The molecule has 0 unspecified atom stereocenters. The highest BCUT2D eigenvalue weighted by Gasteiger charge is 2.08. The van der Waals surface area contributed by atoms with Gasteiger partial charge in [0.05, 0.1) is 6.61 Å². The molecule has 0 rings (SSSR count). The number of unbranched alkanes of at least 4 members (excludes halogenated alkanes) is 1. The Labute approximate surface area is 73.6 Å². The van der Waals surface area contributed by atoms with Crippen LogP contribution in [0, 0.1) is 5.41 Å². The van der Waals surface area contributed by atoms with Crippen molar-refractivity contribution in [2.45, 2.75) is 39.5 Å². The normalized spacial score (nSPS) is 9.50. The van der Waals surface area contributed by atoms with Crippen LogP contribution in [0.4, 0.5) is 0 Å². The van der Waals surface area contributed by atoms with Gasteiger partial charge in [-0.2, -0.15) is 0 Å². The van der Waals surface area contributed by atoms with E-state index in [0.717, 1.165) is 19.3 Å². The maximum Gasteiger partial charge on any atom is 0.351 e. The van der Waals surface area contributed by atoms with Crippen LogP contribution in [-0.2, 0) is 9.53 Å². The fourth-order valence-corrected chi connectivity index (χ4v) is 0.748. The van der Waals surface area contributed by atoms with Crippen LogP contribution < -0.4 is 0 Å². The first-order valence-corrected chi connectivity index (χ1v) is 4.46. The lowest BCUT2D eigenvalue weighted by Gasteiger charge is -2.03. The average Bonchev–Trinajstić information content (AvgIpc) is 2.05. The van der Waals surface area contributed by atoms with E-state index in [1.54, 1.807) is 0 Å². The van der Waals surface area contributed by atoms with Crippen LogP contribution in [0.25, 0.3) is 0 Å². The first-order chi connectivity index (χ1) is 5.72. The molecule has 0 atom stereocenters. The van der Waals surface area contributed by atoms with Crippen LogP contribution in [0.5, 0.6) is 0 Å². The van der Waals surface area contributed by atoms with Gasteiger partial charge in [-0.3, -0.25) is 5.41 Å². The highest BCUT2D eigenvalue weighted by molar-refractivity contribution is 6.35. The summed E-state index contributed by atoms with van der Waals surface area (Å²) in [5.41, 5.74) is 0.0913. The summed E-state index contributed by atoms with van der Waals surface area (Å²) >= 11 is 0. The Morgan fingerprint density at radius 3 is 2.50 bits per heavy atom. The predicted octanol–water partition coefficient (Wildman–Crippen LogP) is 2.15. The summed E-state index contributed by atoms with van der Waals surface area (Å²) in [5, 5.41) is 7.26. The second-order valence-electron chi connectivity index (χ2n) is 2.72. The number of nitrogens with one attached hydrogen (secondary N) is 1. The Bertz CT molecular complexity index is 155. The lowest BCUT2D eigenvalue weighted by atomic mass is 10.2. The van der Waals surface area contributed by atoms with Gasteiger partial charge in [-0.25, -0.2) is 4.79 Å². The molecule has 0 saturated carbocycles. The van der Waals surface area contributed by atoms with Gasteiger partial charge in [-0.15, -0.1) is 0 Å². The Hall–Kier alpha value is -0.860. The molecule has 0 aromatic rings. The topological polar surface area (TPSA) is 50.2 Å². The van der Waals surface area contributed by atoms with Gasteiger partial charge in [0.15, 0.2) is 0 Å². The summed E-state index contributed by atoms with van der Waals surface area (Å²) in [6.07, 6.45) is 3.23. The third kappa shape index (κ3) is 4.88. The van der Waals surface area contributed by atoms with Crippen LogP contribution in [0.15, 0.2) is 0 Å². The zero-order valence-corrected chi connectivity index (χ0v) is 7.85. The molecule has 0 aliphatic rings. The Balaban J connectivity index is 3.50. The highest BCUT2D eigenvalue weighted by Crippen LogP contribution is 1.94. The molecule has 3 heteroatoms. The summed E-state index contributed by atoms with van der Waals surface area (Å²) in [7, 11) is 0. The molecule has 0 amide bonds. The maximum absolute atomic E-state index is 11.0. The zero-order valence-electron chi connectivity index (χ0n) is 7.85. The Morgan fingerprint density at radius 1 is 1.33 bits per heavy atom. The van der Waals surface area contributed by atoms with Crippen molar-refractivity contribution in [3.63, 3.8) is 0 Å². The number of esters is 1. The number of hydrogen-bond acceptors (Lipinski definition) is 3. The maximum atomic E-state index is 11.0. The number of hydrogen-bond donors (Lipinski definition) is 1. The van der Waals surface area contributed by atoms with E-state index < -0.39 is 5.97 Å². The number of ether oxygens (including phenoxy) is 1. The SMILES string of the molecule is CCCCOC(=O)C(=N)CCC. The van der Waals surface area contributed by atoms with E-state index >= 15 is 0 Å². The second-order valence-corrected chi connectivity index (χ2v) is 2.72. The summed E-state index contributed by atoms with van der Waals surface area (Å²) in [6, 6.07) is 0. The van der Waals surface area contributed by atoms with Gasteiger partial charge in [0.2, 0.25) is 0 Å². The molecular weight excluding hydrogens is 154 g/mol. The van der Waals surface area contributed by atoms with Gasteiger partial charge < -0.3 is 4.74 Å². The summed E-state index contributed by atoms with van der Waals surface area (Å²) in [4.78, 5) is 11.0. The van der Waals surface area contributed by atoms with Crippen LogP contribution in [0.3, 0.4) is 0 Å². The molecule has 0 heterocycles. The number of rotatable bonds is 6. The third-order valence-electron chi connectivity index (χ3n) is 1.48. The van der Waals surface area contributed by atoms with Crippen molar-refractivity contribution in [2.24, 2.45) is 0 Å². The van der Waals surface area contributed by atoms with Crippen LogP contribution in [0.1, 0.15) is 39.5 Å². The number of carbonyl (C=O) groups excluding carboxylic acids is 1. The summed E-state index contributed by atoms with van der Waals surface area (Å²) in [6.45, 7) is 4.42. The van der Waals surface area contributed by atoms with Crippen molar-refractivity contribution in [2.75, 3.05) is 6.61 Å². The lowest BCUT2D eigenvalue weighted by molar-refractivity contribution is -0.135. The van der Waals surface area contributed by atoms with Crippen molar-refractivity contribution in [3.05, 3.63) is 0 Å². The summed E-state index contributed by atoms with van der Waals surface area (Å²) in [5.74, 6) is -0.453. The van der Waals surface area contributed by atoms with Gasteiger partial charge in [0.1, 0.15) is 5.71 Å². The summed E-state index contributed by atoms with van der Waals surface area (Å²) < 4.78 is 4.83. The van der Waals surface area contributed by atoms with Gasteiger partial charge in [-0.05, 0) is 12.8 Å². The molecule has 1 N–H and O–H groups in total. The fourth-order valence-electron chi connectivity index (χ4n) is 0.748. The Kier molecular flexibility index (Phi) is 6.34. The number of carbonyl (C=O) groups is 1. The molecule has 12 heavy (non-hydrogen) atoms. The van der Waals surface area contributed by atoms with Crippen LogP contribution in [0.2, 0.25) is 0 Å². The third-order valence-corrected chi connectivity index (χ3v) is 1.48. The fraction of sp³-hybridized carbons (Fsp3) is 0.778. The molecule has 0 aromatic heterocycles. The van der Waals surface area contributed by atoms with Crippen molar-refractivity contribution in [1.29, 1.82) is 5.41 Å². The van der Waals surface area contributed by atoms with E-state index in [0.29, 0.717) is 13.0 Å². The van der Waals surface area contributed by atoms with Gasteiger partial charge in [0.25, 0.3) is 0 Å². The minimum atomic E-state index is -0.453.